The molecule has 7 nitrogen and oxygen atoms in total. The number of carbonyl (C=O) groups excluding carboxylic acids is 1. The molecule has 0 aliphatic carbocycles. The first-order chi connectivity index (χ1) is 12.1. The molecule has 0 saturated carbocycles. The van der Waals surface area contributed by atoms with Crippen molar-refractivity contribution in [1.29, 1.82) is 0 Å². The molecule has 3 heterocycles. The van der Waals surface area contributed by atoms with E-state index in [-0.39, 0.29) is 5.97 Å². The van der Waals surface area contributed by atoms with Crippen LogP contribution in [0.1, 0.15) is 34.3 Å². The molecule has 2 aromatic rings. The summed E-state index contributed by atoms with van der Waals surface area (Å²) in [4.78, 5) is 20.7. The van der Waals surface area contributed by atoms with E-state index in [4.69, 9.17) is 9.26 Å². The first kappa shape index (κ1) is 17.4. The van der Waals surface area contributed by atoms with Gasteiger partial charge in [-0.3, -0.25) is 4.90 Å². The lowest BCUT2D eigenvalue weighted by Gasteiger charge is -2.35. The number of ether oxygens (including phenoxy) is 1. The molecule has 3 rings (SSSR count). The van der Waals surface area contributed by atoms with Crippen LogP contribution in [0.2, 0.25) is 0 Å². The first-order valence-electron chi connectivity index (χ1n) is 8.60. The van der Waals surface area contributed by atoms with Crippen LogP contribution < -0.4 is 4.90 Å². The highest BCUT2D eigenvalue weighted by Gasteiger charge is 2.21. The maximum absolute atomic E-state index is 11.7. The number of carbonyl (C=O) groups is 1. The Kier molecular flexibility index (Phi) is 5.33. The van der Waals surface area contributed by atoms with Gasteiger partial charge in [0.2, 0.25) is 0 Å². The maximum atomic E-state index is 11.7. The maximum Gasteiger partial charge on any atom is 0.339 e. The SMILES string of the molecule is CCOC(=O)c1ccc(N2CCN(Cc3c(C)noc3C)CC2)nc1. The number of hydrogen-bond acceptors (Lipinski definition) is 7. The van der Waals surface area contributed by atoms with Crippen LogP contribution in [0.5, 0.6) is 0 Å². The summed E-state index contributed by atoms with van der Waals surface area (Å²) in [6.45, 7) is 10.7. The molecule has 1 aliphatic rings. The lowest BCUT2D eigenvalue weighted by molar-refractivity contribution is 0.0526. The highest BCUT2D eigenvalue weighted by molar-refractivity contribution is 5.89. The van der Waals surface area contributed by atoms with Gasteiger partial charge in [0.25, 0.3) is 0 Å². The molecule has 0 spiro atoms. The molecule has 1 fully saturated rings. The number of rotatable bonds is 5. The molecule has 0 aromatic carbocycles. The quantitative estimate of drug-likeness (QED) is 0.770. The van der Waals surface area contributed by atoms with Crippen LogP contribution in [0.15, 0.2) is 22.9 Å². The Bertz CT molecular complexity index is 699. The fraction of sp³-hybridized carbons (Fsp3) is 0.500. The minimum atomic E-state index is -0.328. The minimum absolute atomic E-state index is 0.328. The lowest BCUT2D eigenvalue weighted by atomic mass is 10.1. The zero-order valence-electron chi connectivity index (χ0n) is 15.0. The van der Waals surface area contributed by atoms with E-state index in [0.29, 0.717) is 12.2 Å². The van der Waals surface area contributed by atoms with E-state index in [1.807, 2.05) is 19.9 Å². The predicted molar refractivity (Wildman–Crippen MR) is 93.7 cm³/mol. The molecule has 2 aromatic heterocycles. The highest BCUT2D eigenvalue weighted by Crippen LogP contribution is 2.18. The van der Waals surface area contributed by atoms with Crippen LogP contribution in [0, 0.1) is 13.8 Å². The fourth-order valence-corrected chi connectivity index (χ4v) is 2.99. The van der Waals surface area contributed by atoms with Crippen molar-refractivity contribution in [3.8, 4) is 0 Å². The Morgan fingerprint density at radius 3 is 2.56 bits per heavy atom. The van der Waals surface area contributed by atoms with Crippen molar-refractivity contribution in [2.75, 3.05) is 37.7 Å². The van der Waals surface area contributed by atoms with E-state index in [1.54, 1.807) is 19.2 Å². The van der Waals surface area contributed by atoms with Gasteiger partial charge in [-0.2, -0.15) is 0 Å². The van der Waals surface area contributed by atoms with Crippen molar-refractivity contribution in [3.63, 3.8) is 0 Å². The number of esters is 1. The molecule has 0 amide bonds. The Labute approximate surface area is 147 Å². The van der Waals surface area contributed by atoms with Gasteiger partial charge in [-0.1, -0.05) is 5.16 Å². The van der Waals surface area contributed by atoms with E-state index in [1.165, 1.54) is 5.56 Å². The molecule has 0 radical (unpaired) electrons. The second-order valence-corrected chi connectivity index (χ2v) is 6.19. The van der Waals surface area contributed by atoms with Gasteiger partial charge in [-0.25, -0.2) is 9.78 Å². The number of aryl methyl sites for hydroxylation is 2. The Morgan fingerprint density at radius 1 is 1.24 bits per heavy atom. The van der Waals surface area contributed by atoms with Gasteiger partial charge in [-0.05, 0) is 32.9 Å². The number of hydrogen-bond donors (Lipinski definition) is 0. The topological polar surface area (TPSA) is 71.7 Å². The van der Waals surface area contributed by atoms with Crippen LogP contribution in [0.3, 0.4) is 0 Å². The van der Waals surface area contributed by atoms with Gasteiger partial charge < -0.3 is 14.2 Å². The van der Waals surface area contributed by atoms with Crippen molar-refractivity contribution < 1.29 is 14.1 Å². The second-order valence-electron chi connectivity index (χ2n) is 6.19. The molecule has 1 aliphatic heterocycles. The summed E-state index contributed by atoms with van der Waals surface area (Å²) in [5.41, 5.74) is 2.64. The molecule has 1 saturated heterocycles. The van der Waals surface area contributed by atoms with Crippen molar-refractivity contribution >= 4 is 11.8 Å². The van der Waals surface area contributed by atoms with Gasteiger partial charge in [0.1, 0.15) is 11.6 Å². The second kappa shape index (κ2) is 7.65. The monoisotopic (exact) mass is 344 g/mol. The normalized spacial score (nSPS) is 15.4. The van der Waals surface area contributed by atoms with E-state index >= 15 is 0 Å². The number of aromatic nitrogens is 2. The van der Waals surface area contributed by atoms with E-state index in [9.17, 15) is 4.79 Å². The summed E-state index contributed by atoms with van der Waals surface area (Å²) in [5, 5.41) is 4.02. The highest BCUT2D eigenvalue weighted by atomic mass is 16.5. The van der Waals surface area contributed by atoms with Crippen molar-refractivity contribution in [2.45, 2.75) is 27.3 Å². The third-order valence-electron chi connectivity index (χ3n) is 4.52. The third-order valence-corrected chi connectivity index (χ3v) is 4.52. The molecular formula is C18H24N4O3. The van der Waals surface area contributed by atoms with Gasteiger partial charge in [-0.15, -0.1) is 0 Å². The Hall–Kier alpha value is -2.41. The molecule has 25 heavy (non-hydrogen) atoms. The minimum Gasteiger partial charge on any atom is -0.462 e. The van der Waals surface area contributed by atoms with E-state index in [2.05, 4.69) is 19.9 Å². The molecule has 0 unspecified atom stereocenters. The number of piperazine rings is 1. The van der Waals surface area contributed by atoms with E-state index < -0.39 is 0 Å². The predicted octanol–water partition coefficient (Wildman–Crippen LogP) is 2.19. The standard InChI is InChI=1S/C18H24N4O3/c1-4-24-18(23)15-5-6-17(19-11-15)22-9-7-21(8-10-22)12-16-13(2)20-25-14(16)3/h5-6,11H,4,7-10,12H2,1-3H3. The Balaban J connectivity index is 1.56. The van der Waals surface area contributed by atoms with Gasteiger partial charge in [0, 0.05) is 44.5 Å². The van der Waals surface area contributed by atoms with Crippen LogP contribution in [-0.4, -0.2) is 53.8 Å². The smallest absolute Gasteiger partial charge is 0.339 e. The molecule has 134 valence electrons. The number of nitrogens with zero attached hydrogens (tertiary/aromatic N) is 4. The average molecular weight is 344 g/mol. The van der Waals surface area contributed by atoms with Crippen molar-refractivity contribution in [1.82, 2.24) is 15.0 Å². The number of pyridine rings is 1. The summed E-state index contributed by atoms with van der Waals surface area (Å²) in [6.07, 6.45) is 1.59. The summed E-state index contributed by atoms with van der Waals surface area (Å²) >= 11 is 0. The van der Waals surface area contributed by atoms with Crippen LogP contribution in [0.25, 0.3) is 0 Å². The summed E-state index contributed by atoms with van der Waals surface area (Å²) < 4.78 is 10.2. The summed E-state index contributed by atoms with van der Waals surface area (Å²) in [5.74, 6) is 1.46. The molecular weight excluding hydrogens is 320 g/mol. The number of anilines is 1. The van der Waals surface area contributed by atoms with Crippen molar-refractivity contribution in [2.24, 2.45) is 0 Å². The van der Waals surface area contributed by atoms with Gasteiger partial charge >= 0.3 is 5.97 Å². The largest absolute Gasteiger partial charge is 0.462 e. The van der Waals surface area contributed by atoms with Gasteiger partial charge in [0.05, 0.1) is 17.9 Å². The Morgan fingerprint density at radius 2 is 2.00 bits per heavy atom. The third kappa shape index (κ3) is 3.99. The summed E-state index contributed by atoms with van der Waals surface area (Å²) in [6, 6.07) is 3.66. The molecule has 0 bridgehead atoms. The van der Waals surface area contributed by atoms with Crippen LogP contribution >= 0.6 is 0 Å². The summed E-state index contributed by atoms with van der Waals surface area (Å²) in [7, 11) is 0. The molecule has 0 atom stereocenters. The fourth-order valence-electron chi connectivity index (χ4n) is 2.99. The average Bonchev–Trinajstić information content (AvgIpc) is 2.95. The first-order valence-corrected chi connectivity index (χ1v) is 8.60. The van der Waals surface area contributed by atoms with Crippen molar-refractivity contribution in [3.05, 3.63) is 40.9 Å². The molecule has 7 heteroatoms. The van der Waals surface area contributed by atoms with Gasteiger partial charge in [0.15, 0.2) is 0 Å². The van der Waals surface area contributed by atoms with Crippen LogP contribution in [0.4, 0.5) is 5.82 Å². The van der Waals surface area contributed by atoms with Crippen LogP contribution in [-0.2, 0) is 11.3 Å². The zero-order valence-corrected chi connectivity index (χ0v) is 15.0. The van der Waals surface area contributed by atoms with E-state index in [0.717, 1.165) is 50.0 Å². The zero-order chi connectivity index (χ0) is 17.8. The molecule has 0 N–H and O–H groups in total. The lowest BCUT2D eigenvalue weighted by Crippen LogP contribution is -2.46.